The monoisotopic (exact) mass is 420 g/mol. The predicted octanol–water partition coefficient (Wildman–Crippen LogP) is 4.63. The average Bonchev–Trinajstić information content (AvgIpc) is 2.65. The van der Waals surface area contributed by atoms with Crippen LogP contribution in [0.2, 0.25) is 5.02 Å². The van der Waals surface area contributed by atoms with Crippen molar-refractivity contribution in [2.24, 2.45) is 5.92 Å². The highest BCUT2D eigenvalue weighted by Gasteiger charge is 2.29. The van der Waals surface area contributed by atoms with Crippen molar-refractivity contribution < 1.29 is 13.2 Å². The van der Waals surface area contributed by atoms with E-state index in [4.69, 9.17) is 11.6 Å². The smallest absolute Gasteiger partial charge is 0.255 e. The Labute approximate surface area is 171 Å². The second kappa shape index (κ2) is 8.23. The minimum Gasteiger partial charge on any atom is -0.322 e. The highest BCUT2D eigenvalue weighted by Crippen LogP contribution is 2.26. The second-order valence-electron chi connectivity index (χ2n) is 7.48. The predicted molar refractivity (Wildman–Crippen MR) is 112 cm³/mol. The number of rotatable bonds is 4. The van der Waals surface area contributed by atoms with Crippen molar-refractivity contribution in [2.75, 3.05) is 18.4 Å². The summed E-state index contributed by atoms with van der Waals surface area (Å²) in [5.74, 6) is 0.175. The van der Waals surface area contributed by atoms with Crippen LogP contribution < -0.4 is 5.32 Å². The van der Waals surface area contributed by atoms with E-state index in [2.05, 4.69) is 12.2 Å². The lowest BCUT2D eigenvalue weighted by molar-refractivity contribution is 0.102. The van der Waals surface area contributed by atoms with Gasteiger partial charge in [0.05, 0.1) is 4.90 Å². The van der Waals surface area contributed by atoms with Gasteiger partial charge in [-0.3, -0.25) is 4.79 Å². The SMILES string of the molecule is Cc1ccc(NC(=O)c2cc(S(=O)(=O)N3CCC(C)CC3)ccc2C)cc1Cl. The summed E-state index contributed by atoms with van der Waals surface area (Å²) in [7, 11) is -3.61. The van der Waals surface area contributed by atoms with Crippen molar-refractivity contribution in [3.05, 3.63) is 58.1 Å². The first-order valence-corrected chi connectivity index (χ1v) is 11.2. The molecule has 2 aromatic carbocycles. The molecule has 150 valence electrons. The van der Waals surface area contributed by atoms with Crippen molar-refractivity contribution in [3.8, 4) is 0 Å². The molecule has 0 unspecified atom stereocenters. The van der Waals surface area contributed by atoms with E-state index in [1.165, 1.54) is 10.4 Å². The van der Waals surface area contributed by atoms with Crippen LogP contribution in [-0.2, 0) is 10.0 Å². The fourth-order valence-electron chi connectivity index (χ4n) is 3.25. The van der Waals surface area contributed by atoms with Crippen molar-refractivity contribution in [2.45, 2.75) is 38.5 Å². The summed E-state index contributed by atoms with van der Waals surface area (Å²) in [5, 5.41) is 3.36. The van der Waals surface area contributed by atoms with Gasteiger partial charge in [-0.25, -0.2) is 8.42 Å². The third kappa shape index (κ3) is 4.40. The summed E-state index contributed by atoms with van der Waals surface area (Å²) in [4.78, 5) is 12.9. The van der Waals surface area contributed by atoms with E-state index < -0.39 is 10.0 Å². The number of amides is 1. The van der Waals surface area contributed by atoms with E-state index >= 15 is 0 Å². The molecule has 2 aromatic rings. The van der Waals surface area contributed by atoms with Crippen molar-refractivity contribution in [3.63, 3.8) is 0 Å². The molecule has 1 N–H and O–H groups in total. The van der Waals surface area contributed by atoms with E-state index in [1.54, 1.807) is 31.2 Å². The maximum atomic E-state index is 13.0. The lowest BCUT2D eigenvalue weighted by Crippen LogP contribution is -2.38. The van der Waals surface area contributed by atoms with Crippen LogP contribution in [0.5, 0.6) is 0 Å². The van der Waals surface area contributed by atoms with E-state index in [-0.39, 0.29) is 10.8 Å². The lowest BCUT2D eigenvalue weighted by Gasteiger charge is -2.29. The molecule has 3 rings (SSSR count). The summed E-state index contributed by atoms with van der Waals surface area (Å²) in [5.41, 5.74) is 2.53. The van der Waals surface area contributed by atoms with Crippen molar-refractivity contribution >= 4 is 33.2 Å². The van der Waals surface area contributed by atoms with Crippen LogP contribution in [0.3, 0.4) is 0 Å². The number of nitrogens with one attached hydrogen (secondary N) is 1. The van der Waals surface area contributed by atoms with Gasteiger partial charge in [-0.2, -0.15) is 4.31 Å². The molecule has 1 amide bonds. The van der Waals surface area contributed by atoms with Crippen molar-refractivity contribution in [1.82, 2.24) is 4.31 Å². The van der Waals surface area contributed by atoms with Crippen LogP contribution in [0.25, 0.3) is 0 Å². The minimum absolute atomic E-state index is 0.153. The Morgan fingerprint density at radius 2 is 1.71 bits per heavy atom. The number of aryl methyl sites for hydroxylation is 2. The van der Waals surface area contributed by atoms with Crippen LogP contribution in [0.4, 0.5) is 5.69 Å². The lowest BCUT2D eigenvalue weighted by atomic mass is 10.0. The molecule has 0 bridgehead atoms. The number of carbonyl (C=O) groups is 1. The number of nitrogens with zero attached hydrogens (tertiary/aromatic N) is 1. The van der Waals surface area contributed by atoms with Crippen molar-refractivity contribution in [1.29, 1.82) is 0 Å². The van der Waals surface area contributed by atoms with Gasteiger partial charge in [0.2, 0.25) is 10.0 Å². The number of sulfonamides is 1. The molecule has 7 heteroatoms. The van der Waals surface area contributed by atoms with Gasteiger partial charge in [-0.15, -0.1) is 0 Å². The molecular formula is C21H25ClN2O3S. The molecule has 5 nitrogen and oxygen atoms in total. The summed E-state index contributed by atoms with van der Waals surface area (Å²) in [6.07, 6.45) is 1.71. The minimum atomic E-state index is -3.61. The van der Waals surface area contributed by atoms with E-state index in [0.717, 1.165) is 18.4 Å². The maximum absolute atomic E-state index is 13.0. The molecule has 1 heterocycles. The highest BCUT2D eigenvalue weighted by atomic mass is 35.5. The molecule has 0 aromatic heterocycles. The van der Waals surface area contributed by atoms with Gasteiger partial charge < -0.3 is 5.32 Å². The second-order valence-corrected chi connectivity index (χ2v) is 9.83. The Morgan fingerprint density at radius 3 is 2.36 bits per heavy atom. The van der Waals surface area contributed by atoms with Crippen LogP contribution in [0.1, 0.15) is 41.3 Å². The number of benzene rings is 2. The van der Waals surface area contributed by atoms with E-state index in [1.807, 2.05) is 13.0 Å². The van der Waals surface area contributed by atoms with Gasteiger partial charge in [0.25, 0.3) is 5.91 Å². The first kappa shape index (κ1) is 20.8. The molecule has 0 atom stereocenters. The molecule has 28 heavy (non-hydrogen) atoms. The average molecular weight is 421 g/mol. The number of carbonyl (C=O) groups excluding carboxylic acids is 1. The largest absolute Gasteiger partial charge is 0.322 e. The molecule has 0 aliphatic carbocycles. The van der Waals surface area contributed by atoms with Gasteiger partial charge in [0.1, 0.15) is 0 Å². The van der Waals surface area contributed by atoms with Gasteiger partial charge in [0, 0.05) is 29.4 Å². The summed E-state index contributed by atoms with van der Waals surface area (Å²) < 4.78 is 27.5. The zero-order valence-electron chi connectivity index (χ0n) is 16.3. The standard InChI is InChI=1S/C21H25ClN2O3S/c1-14-8-10-24(11-9-14)28(26,27)18-7-5-15(2)19(13-18)21(25)23-17-6-4-16(3)20(22)12-17/h4-7,12-14H,8-11H2,1-3H3,(H,23,25). The Bertz CT molecular complexity index is 997. The Hall–Kier alpha value is -1.89. The summed E-state index contributed by atoms with van der Waals surface area (Å²) in [6.45, 7) is 6.83. The zero-order chi connectivity index (χ0) is 20.5. The molecule has 0 radical (unpaired) electrons. The maximum Gasteiger partial charge on any atom is 0.255 e. The molecular weight excluding hydrogens is 396 g/mol. The number of anilines is 1. The van der Waals surface area contributed by atoms with Crippen LogP contribution in [-0.4, -0.2) is 31.7 Å². The molecule has 0 saturated carbocycles. The Morgan fingerprint density at radius 1 is 1.07 bits per heavy atom. The molecule has 1 saturated heterocycles. The van der Waals surface area contributed by atoms with Crippen LogP contribution >= 0.6 is 11.6 Å². The van der Waals surface area contributed by atoms with Gasteiger partial charge in [-0.05, 0) is 68.0 Å². The van der Waals surface area contributed by atoms with Crippen LogP contribution in [0.15, 0.2) is 41.3 Å². The highest BCUT2D eigenvalue weighted by molar-refractivity contribution is 7.89. The number of halogens is 1. The molecule has 1 aliphatic rings. The first-order valence-electron chi connectivity index (χ1n) is 9.37. The van der Waals surface area contributed by atoms with E-state index in [9.17, 15) is 13.2 Å². The van der Waals surface area contributed by atoms with Gasteiger partial charge >= 0.3 is 0 Å². The molecule has 0 spiro atoms. The van der Waals surface area contributed by atoms with Gasteiger partial charge in [0.15, 0.2) is 0 Å². The summed E-state index contributed by atoms with van der Waals surface area (Å²) in [6, 6.07) is 9.99. The number of hydrogen-bond acceptors (Lipinski definition) is 3. The van der Waals surface area contributed by atoms with E-state index in [0.29, 0.717) is 40.8 Å². The van der Waals surface area contributed by atoms with Gasteiger partial charge in [-0.1, -0.05) is 30.7 Å². The fourth-order valence-corrected chi connectivity index (χ4v) is 4.93. The Kier molecular flexibility index (Phi) is 6.12. The van der Waals surface area contributed by atoms with Crippen LogP contribution in [0, 0.1) is 19.8 Å². The zero-order valence-corrected chi connectivity index (χ0v) is 17.9. The molecule has 1 fully saturated rings. The Balaban J connectivity index is 1.86. The normalized spacial score (nSPS) is 16.1. The molecule has 1 aliphatic heterocycles. The fraction of sp³-hybridized carbons (Fsp3) is 0.381. The third-order valence-corrected chi connectivity index (χ3v) is 7.57. The first-order chi connectivity index (χ1) is 13.2. The summed E-state index contributed by atoms with van der Waals surface area (Å²) >= 11 is 6.12. The number of piperidine rings is 1. The third-order valence-electron chi connectivity index (χ3n) is 5.26. The topological polar surface area (TPSA) is 66.5 Å². The number of hydrogen-bond donors (Lipinski definition) is 1. The quantitative estimate of drug-likeness (QED) is 0.784.